The predicted molar refractivity (Wildman–Crippen MR) is 58.0 cm³/mol. The third kappa shape index (κ3) is 7.05. The van der Waals surface area contributed by atoms with Crippen LogP contribution in [0.5, 0.6) is 0 Å². The Bertz CT molecular complexity index is 180. The lowest BCUT2D eigenvalue weighted by atomic mass is 9.92. The van der Waals surface area contributed by atoms with Crippen molar-refractivity contribution in [3.05, 3.63) is 0 Å². The SMILES string of the molecule is CC(C)(CBr)CC(=O)OC(C)(C)C. The summed E-state index contributed by atoms with van der Waals surface area (Å²) in [4.78, 5) is 11.4. The molecule has 0 aromatic rings. The monoisotopic (exact) mass is 250 g/mol. The van der Waals surface area contributed by atoms with Gasteiger partial charge in [-0.25, -0.2) is 0 Å². The second-order valence-electron chi connectivity index (χ2n) is 5.06. The molecule has 0 saturated carbocycles. The van der Waals surface area contributed by atoms with Gasteiger partial charge in [-0.2, -0.15) is 0 Å². The number of hydrogen-bond acceptors (Lipinski definition) is 2. The van der Waals surface area contributed by atoms with Crippen molar-refractivity contribution in [2.45, 2.75) is 46.6 Å². The maximum atomic E-state index is 11.4. The summed E-state index contributed by atoms with van der Waals surface area (Å²) in [6.07, 6.45) is 0.454. The molecule has 0 bridgehead atoms. The first-order valence-electron chi connectivity index (χ1n) is 4.44. The Morgan fingerprint density at radius 3 is 2.00 bits per heavy atom. The van der Waals surface area contributed by atoms with Crippen molar-refractivity contribution in [2.75, 3.05) is 5.33 Å². The molecule has 2 nitrogen and oxygen atoms in total. The van der Waals surface area contributed by atoms with Gasteiger partial charge in [0.2, 0.25) is 0 Å². The van der Waals surface area contributed by atoms with Gasteiger partial charge in [-0.05, 0) is 26.2 Å². The van der Waals surface area contributed by atoms with E-state index in [9.17, 15) is 4.79 Å². The summed E-state index contributed by atoms with van der Waals surface area (Å²) < 4.78 is 5.22. The molecule has 0 aliphatic carbocycles. The smallest absolute Gasteiger partial charge is 0.306 e. The quantitative estimate of drug-likeness (QED) is 0.569. The van der Waals surface area contributed by atoms with Gasteiger partial charge in [-0.15, -0.1) is 0 Å². The number of carbonyl (C=O) groups excluding carboxylic acids is 1. The molecular weight excluding hydrogens is 232 g/mol. The van der Waals surface area contributed by atoms with Gasteiger partial charge in [-0.1, -0.05) is 29.8 Å². The fourth-order valence-electron chi connectivity index (χ4n) is 0.816. The van der Waals surface area contributed by atoms with E-state index in [1.165, 1.54) is 0 Å². The fourth-order valence-corrected chi connectivity index (χ4v) is 1.01. The number of esters is 1. The molecule has 0 aliphatic rings. The molecule has 0 N–H and O–H groups in total. The molecular formula is C10H19BrO2. The van der Waals surface area contributed by atoms with Gasteiger partial charge in [0.1, 0.15) is 5.60 Å². The number of carbonyl (C=O) groups is 1. The third-order valence-corrected chi connectivity index (χ3v) is 2.92. The number of alkyl halides is 1. The number of hydrogen-bond donors (Lipinski definition) is 0. The minimum Gasteiger partial charge on any atom is -0.460 e. The summed E-state index contributed by atoms with van der Waals surface area (Å²) in [7, 11) is 0. The van der Waals surface area contributed by atoms with Crippen molar-refractivity contribution < 1.29 is 9.53 Å². The molecule has 0 saturated heterocycles. The van der Waals surface area contributed by atoms with E-state index >= 15 is 0 Å². The average molecular weight is 251 g/mol. The topological polar surface area (TPSA) is 26.3 Å². The summed E-state index contributed by atoms with van der Waals surface area (Å²) in [5.74, 6) is -0.128. The first-order chi connectivity index (χ1) is 5.66. The average Bonchev–Trinajstić information content (AvgIpc) is 1.81. The van der Waals surface area contributed by atoms with E-state index in [4.69, 9.17) is 4.74 Å². The van der Waals surface area contributed by atoms with Crippen LogP contribution in [0, 0.1) is 5.41 Å². The highest BCUT2D eigenvalue weighted by Crippen LogP contribution is 2.24. The van der Waals surface area contributed by atoms with E-state index in [-0.39, 0.29) is 17.0 Å². The minimum atomic E-state index is -0.376. The molecule has 0 radical (unpaired) electrons. The van der Waals surface area contributed by atoms with Gasteiger partial charge in [0.05, 0.1) is 6.42 Å². The molecule has 0 rings (SSSR count). The van der Waals surface area contributed by atoms with Crippen LogP contribution in [0.1, 0.15) is 41.0 Å². The van der Waals surface area contributed by atoms with Crippen molar-refractivity contribution in [3.8, 4) is 0 Å². The zero-order valence-electron chi connectivity index (χ0n) is 9.11. The van der Waals surface area contributed by atoms with Crippen molar-refractivity contribution in [1.82, 2.24) is 0 Å². The van der Waals surface area contributed by atoms with E-state index in [1.807, 2.05) is 34.6 Å². The lowest BCUT2D eigenvalue weighted by molar-refractivity contribution is -0.156. The van der Waals surface area contributed by atoms with Crippen LogP contribution < -0.4 is 0 Å². The zero-order valence-corrected chi connectivity index (χ0v) is 10.7. The van der Waals surface area contributed by atoms with Crippen molar-refractivity contribution in [3.63, 3.8) is 0 Å². The van der Waals surface area contributed by atoms with Gasteiger partial charge >= 0.3 is 5.97 Å². The van der Waals surface area contributed by atoms with E-state index in [1.54, 1.807) is 0 Å². The van der Waals surface area contributed by atoms with Crippen molar-refractivity contribution in [1.29, 1.82) is 0 Å². The minimum absolute atomic E-state index is 0.0255. The Labute approximate surface area is 89.2 Å². The summed E-state index contributed by atoms with van der Waals surface area (Å²) in [5, 5.41) is 0.805. The molecule has 0 aliphatic heterocycles. The molecule has 0 aromatic heterocycles. The van der Waals surface area contributed by atoms with Crippen LogP contribution in [0.2, 0.25) is 0 Å². The molecule has 78 valence electrons. The zero-order chi connectivity index (χ0) is 10.7. The second-order valence-corrected chi connectivity index (χ2v) is 5.62. The predicted octanol–water partition coefficient (Wildman–Crippen LogP) is 3.14. The molecule has 0 fully saturated rings. The maximum Gasteiger partial charge on any atom is 0.306 e. The number of halogens is 1. The van der Waals surface area contributed by atoms with Gasteiger partial charge in [0, 0.05) is 5.33 Å². The Kier molecular flexibility index (Phi) is 4.43. The number of ether oxygens (including phenoxy) is 1. The van der Waals surface area contributed by atoms with Gasteiger partial charge in [0.15, 0.2) is 0 Å². The van der Waals surface area contributed by atoms with E-state index in [0.29, 0.717) is 6.42 Å². The highest BCUT2D eigenvalue weighted by Gasteiger charge is 2.24. The van der Waals surface area contributed by atoms with Crippen molar-refractivity contribution >= 4 is 21.9 Å². The van der Waals surface area contributed by atoms with Crippen LogP contribution in [0.15, 0.2) is 0 Å². The highest BCUT2D eigenvalue weighted by atomic mass is 79.9. The lowest BCUT2D eigenvalue weighted by Gasteiger charge is -2.24. The normalized spacial score (nSPS) is 12.8. The van der Waals surface area contributed by atoms with Gasteiger partial charge < -0.3 is 4.74 Å². The summed E-state index contributed by atoms with van der Waals surface area (Å²) >= 11 is 3.37. The summed E-state index contributed by atoms with van der Waals surface area (Å²) in [6.45, 7) is 9.71. The van der Waals surface area contributed by atoms with E-state index < -0.39 is 0 Å². The molecule has 0 unspecified atom stereocenters. The van der Waals surface area contributed by atoms with Crippen LogP contribution in [0.4, 0.5) is 0 Å². The molecule has 0 heterocycles. The van der Waals surface area contributed by atoms with Crippen molar-refractivity contribution in [2.24, 2.45) is 5.41 Å². The largest absolute Gasteiger partial charge is 0.460 e. The first kappa shape index (κ1) is 12.9. The molecule has 0 atom stereocenters. The number of rotatable bonds is 3. The fraction of sp³-hybridized carbons (Fsp3) is 0.900. The van der Waals surface area contributed by atoms with Gasteiger partial charge in [-0.3, -0.25) is 4.79 Å². The first-order valence-corrected chi connectivity index (χ1v) is 5.56. The Hall–Kier alpha value is -0.0500. The maximum absolute atomic E-state index is 11.4. The molecule has 0 spiro atoms. The molecule has 3 heteroatoms. The highest BCUT2D eigenvalue weighted by molar-refractivity contribution is 9.09. The standard InChI is InChI=1S/C10H19BrO2/c1-9(2,3)13-8(12)6-10(4,5)7-11/h6-7H2,1-5H3. The molecule has 0 amide bonds. The molecule has 13 heavy (non-hydrogen) atoms. The summed E-state index contributed by atoms with van der Waals surface area (Å²) in [6, 6.07) is 0. The van der Waals surface area contributed by atoms with Crippen LogP contribution in [0.3, 0.4) is 0 Å². The van der Waals surface area contributed by atoms with Crippen LogP contribution in [-0.4, -0.2) is 16.9 Å². The van der Waals surface area contributed by atoms with Crippen LogP contribution in [-0.2, 0) is 9.53 Å². The van der Waals surface area contributed by atoms with Crippen LogP contribution >= 0.6 is 15.9 Å². The Balaban J connectivity index is 4.03. The third-order valence-electron chi connectivity index (χ3n) is 1.40. The van der Waals surface area contributed by atoms with E-state index in [2.05, 4.69) is 15.9 Å². The van der Waals surface area contributed by atoms with Gasteiger partial charge in [0.25, 0.3) is 0 Å². The molecule has 0 aromatic carbocycles. The lowest BCUT2D eigenvalue weighted by Crippen LogP contribution is -2.28. The Morgan fingerprint density at radius 1 is 1.23 bits per heavy atom. The van der Waals surface area contributed by atoms with Crippen LogP contribution in [0.25, 0.3) is 0 Å². The van der Waals surface area contributed by atoms with E-state index in [0.717, 1.165) is 5.33 Å². The summed E-state index contributed by atoms with van der Waals surface area (Å²) in [5.41, 5.74) is -0.401. The Morgan fingerprint density at radius 2 is 1.69 bits per heavy atom. The second kappa shape index (κ2) is 4.45.